The van der Waals surface area contributed by atoms with Crippen LogP contribution >= 0.6 is 23.2 Å². The summed E-state index contributed by atoms with van der Waals surface area (Å²) >= 11 is 12.1. The van der Waals surface area contributed by atoms with Gasteiger partial charge >= 0.3 is 6.03 Å². The molecule has 1 aromatic carbocycles. The van der Waals surface area contributed by atoms with E-state index in [-0.39, 0.29) is 12.5 Å². The molecule has 3 amide bonds. The summed E-state index contributed by atoms with van der Waals surface area (Å²) in [6, 6.07) is 9.95. The number of halogens is 2. The van der Waals surface area contributed by atoms with Gasteiger partial charge in [-0.1, -0.05) is 35.3 Å². The number of hydrogen-bond acceptors (Lipinski definition) is 3. The Morgan fingerprint density at radius 2 is 2.00 bits per heavy atom. The third-order valence-electron chi connectivity index (χ3n) is 4.06. The third kappa shape index (κ3) is 2.97. The Kier molecular flexibility index (Phi) is 4.47. The number of urea groups is 1. The number of rotatable bonds is 4. The monoisotopic (exact) mass is 363 g/mol. The lowest BCUT2D eigenvalue weighted by atomic mass is 9.92. The predicted octanol–water partition coefficient (Wildman–Crippen LogP) is 3.40. The first-order chi connectivity index (χ1) is 11.4. The number of nitrogens with one attached hydrogen (secondary N) is 1. The lowest BCUT2D eigenvalue weighted by Crippen LogP contribution is -2.41. The second kappa shape index (κ2) is 6.42. The minimum absolute atomic E-state index is 0.252. The molecule has 3 rings (SSSR count). The maximum absolute atomic E-state index is 12.8. The summed E-state index contributed by atoms with van der Waals surface area (Å²) in [5.74, 6) is -0.340. The van der Waals surface area contributed by atoms with Gasteiger partial charge in [0.25, 0.3) is 5.91 Å². The Bertz CT molecular complexity index is 798. The number of amides is 3. The average Bonchev–Trinajstić information content (AvgIpc) is 2.76. The van der Waals surface area contributed by atoms with Crippen LogP contribution < -0.4 is 5.32 Å². The molecule has 124 valence electrons. The summed E-state index contributed by atoms with van der Waals surface area (Å²) in [5, 5.41) is 3.54. The number of carbonyl (C=O) groups is 2. The van der Waals surface area contributed by atoms with E-state index in [1.807, 2.05) is 18.2 Å². The van der Waals surface area contributed by atoms with Crippen molar-refractivity contribution in [3.8, 4) is 0 Å². The summed E-state index contributed by atoms with van der Waals surface area (Å²) in [6.45, 7) is 1.89. The molecule has 0 radical (unpaired) electrons. The minimum atomic E-state index is -1.21. The molecule has 24 heavy (non-hydrogen) atoms. The van der Waals surface area contributed by atoms with Crippen LogP contribution in [0, 0.1) is 0 Å². The maximum atomic E-state index is 12.8. The standard InChI is InChI=1S/C17H15Cl2N3O2/c1-17(13-6-5-11(18)10-14(13)19)15(23)22(16(24)21-17)9-7-12-4-2-3-8-20-12/h2-6,8,10H,7,9H2,1H3,(H,21,24). The molecule has 0 bridgehead atoms. The Labute approximate surface area is 149 Å². The van der Waals surface area contributed by atoms with Crippen molar-refractivity contribution >= 4 is 35.1 Å². The number of aromatic nitrogens is 1. The van der Waals surface area contributed by atoms with Crippen molar-refractivity contribution in [2.24, 2.45) is 0 Å². The van der Waals surface area contributed by atoms with E-state index in [4.69, 9.17) is 23.2 Å². The normalized spacial score (nSPS) is 20.4. The fourth-order valence-corrected chi connectivity index (χ4v) is 3.35. The van der Waals surface area contributed by atoms with Crippen molar-refractivity contribution in [2.45, 2.75) is 18.9 Å². The number of imide groups is 1. The number of benzene rings is 1. The molecule has 0 spiro atoms. The van der Waals surface area contributed by atoms with Crippen LogP contribution in [0.1, 0.15) is 18.2 Å². The molecule has 7 heteroatoms. The van der Waals surface area contributed by atoms with Gasteiger partial charge in [-0.05, 0) is 31.2 Å². The topological polar surface area (TPSA) is 62.3 Å². The van der Waals surface area contributed by atoms with Gasteiger partial charge in [0.15, 0.2) is 0 Å². The van der Waals surface area contributed by atoms with E-state index in [9.17, 15) is 9.59 Å². The van der Waals surface area contributed by atoms with Gasteiger partial charge in [0, 0.05) is 40.5 Å². The van der Waals surface area contributed by atoms with Crippen LogP contribution in [0.5, 0.6) is 0 Å². The van der Waals surface area contributed by atoms with E-state index >= 15 is 0 Å². The molecular weight excluding hydrogens is 349 g/mol. The van der Waals surface area contributed by atoms with Gasteiger partial charge in [-0.3, -0.25) is 14.7 Å². The number of nitrogens with zero attached hydrogens (tertiary/aromatic N) is 2. The Hall–Kier alpha value is -2.11. The second-order valence-electron chi connectivity index (χ2n) is 5.71. The highest BCUT2D eigenvalue weighted by Crippen LogP contribution is 2.34. The van der Waals surface area contributed by atoms with Crippen LogP contribution in [0.2, 0.25) is 10.0 Å². The molecule has 1 fully saturated rings. The van der Waals surface area contributed by atoms with E-state index in [1.54, 1.807) is 31.3 Å². The average molecular weight is 364 g/mol. The molecule has 0 aliphatic carbocycles. The summed E-state index contributed by atoms with van der Waals surface area (Å²) in [7, 11) is 0. The molecule has 1 aromatic heterocycles. The van der Waals surface area contributed by atoms with Crippen molar-refractivity contribution in [1.82, 2.24) is 15.2 Å². The Morgan fingerprint density at radius 3 is 2.67 bits per heavy atom. The largest absolute Gasteiger partial charge is 0.325 e. The van der Waals surface area contributed by atoms with Gasteiger partial charge in [-0.15, -0.1) is 0 Å². The zero-order valence-electron chi connectivity index (χ0n) is 12.9. The first-order valence-corrected chi connectivity index (χ1v) is 8.17. The molecular formula is C17H15Cl2N3O2. The SMILES string of the molecule is CC1(c2ccc(Cl)cc2Cl)NC(=O)N(CCc2ccccn2)C1=O. The summed E-state index contributed by atoms with van der Waals surface area (Å²) in [4.78, 5) is 30.5. The van der Waals surface area contributed by atoms with E-state index in [1.165, 1.54) is 4.90 Å². The Balaban J connectivity index is 1.82. The summed E-state index contributed by atoms with van der Waals surface area (Å²) in [6.07, 6.45) is 2.17. The highest BCUT2D eigenvalue weighted by Gasteiger charge is 2.49. The first-order valence-electron chi connectivity index (χ1n) is 7.41. The lowest BCUT2D eigenvalue weighted by molar-refractivity contribution is -0.131. The van der Waals surface area contributed by atoms with Crippen LogP contribution in [0.3, 0.4) is 0 Å². The molecule has 2 heterocycles. The number of carbonyl (C=O) groups excluding carboxylic acids is 2. The molecule has 5 nitrogen and oxygen atoms in total. The molecule has 1 atom stereocenters. The summed E-state index contributed by atoms with van der Waals surface area (Å²) in [5.41, 5.74) is 0.131. The van der Waals surface area contributed by atoms with Gasteiger partial charge in [-0.25, -0.2) is 4.79 Å². The minimum Gasteiger partial charge on any atom is -0.319 e. The fraction of sp³-hybridized carbons (Fsp3) is 0.235. The zero-order chi connectivity index (χ0) is 17.3. The van der Waals surface area contributed by atoms with Crippen LogP contribution in [-0.4, -0.2) is 28.4 Å². The molecule has 1 N–H and O–H groups in total. The van der Waals surface area contributed by atoms with Gasteiger partial charge < -0.3 is 5.32 Å². The number of hydrogen-bond donors (Lipinski definition) is 1. The molecule has 1 unspecified atom stereocenters. The van der Waals surface area contributed by atoms with Crippen molar-refractivity contribution in [2.75, 3.05) is 6.54 Å². The second-order valence-corrected chi connectivity index (χ2v) is 6.55. The van der Waals surface area contributed by atoms with Gasteiger partial charge in [0.05, 0.1) is 0 Å². The van der Waals surface area contributed by atoms with E-state index in [2.05, 4.69) is 10.3 Å². The fourth-order valence-electron chi connectivity index (χ4n) is 2.75. The van der Waals surface area contributed by atoms with Gasteiger partial charge in [0.2, 0.25) is 0 Å². The highest BCUT2D eigenvalue weighted by atomic mass is 35.5. The Morgan fingerprint density at radius 1 is 1.21 bits per heavy atom. The quantitative estimate of drug-likeness (QED) is 0.846. The van der Waals surface area contributed by atoms with E-state index in [0.29, 0.717) is 22.0 Å². The molecule has 0 saturated carbocycles. The van der Waals surface area contributed by atoms with Crippen molar-refractivity contribution < 1.29 is 9.59 Å². The molecule has 2 aromatic rings. The van der Waals surface area contributed by atoms with Crippen LogP contribution in [-0.2, 0) is 16.8 Å². The van der Waals surface area contributed by atoms with Gasteiger partial charge in [-0.2, -0.15) is 0 Å². The lowest BCUT2D eigenvalue weighted by Gasteiger charge is -2.23. The maximum Gasteiger partial charge on any atom is 0.325 e. The van der Waals surface area contributed by atoms with E-state index < -0.39 is 11.6 Å². The first kappa shape index (κ1) is 16.7. The molecule has 1 aliphatic rings. The zero-order valence-corrected chi connectivity index (χ0v) is 14.4. The molecule has 1 saturated heterocycles. The van der Waals surface area contributed by atoms with Crippen LogP contribution in [0.25, 0.3) is 0 Å². The van der Waals surface area contributed by atoms with Gasteiger partial charge in [0.1, 0.15) is 5.54 Å². The predicted molar refractivity (Wildman–Crippen MR) is 92.0 cm³/mol. The van der Waals surface area contributed by atoms with Crippen molar-refractivity contribution in [3.05, 3.63) is 63.9 Å². The van der Waals surface area contributed by atoms with Crippen molar-refractivity contribution in [1.29, 1.82) is 0 Å². The molecule has 1 aliphatic heterocycles. The summed E-state index contributed by atoms with van der Waals surface area (Å²) < 4.78 is 0. The number of pyridine rings is 1. The van der Waals surface area contributed by atoms with Crippen LogP contribution in [0.4, 0.5) is 4.79 Å². The van der Waals surface area contributed by atoms with E-state index in [0.717, 1.165) is 5.69 Å². The van der Waals surface area contributed by atoms with Crippen LogP contribution in [0.15, 0.2) is 42.6 Å². The highest BCUT2D eigenvalue weighted by molar-refractivity contribution is 6.35. The smallest absolute Gasteiger partial charge is 0.319 e. The third-order valence-corrected chi connectivity index (χ3v) is 4.61. The van der Waals surface area contributed by atoms with Crippen molar-refractivity contribution in [3.63, 3.8) is 0 Å².